The molecule has 2 N–H and O–H groups in total. The third-order valence-corrected chi connectivity index (χ3v) is 3.13. The first-order valence-corrected chi connectivity index (χ1v) is 5.94. The number of benzene rings is 2. The van der Waals surface area contributed by atoms with Crippen molar-refractivity contribution in [1.29, 1.82) is 0 Å². The molecule has 1 heterocycles. The molecule has 3 rings (SSSR count). The zero-order valence-electron chi connectivity index (χ0n) is 9.86. The summed E-state index contributed by atoms with van der Waals surface area (Å²) in [4.78, 5) is 0. The molecular formula is C14H16N2O. The lowest BCUT2D eigenvalue weighted by molar-refractivity contribution is 0.283. The van der Waals surface area contributed by atoms with Gasteiger partial charge in [0.25, 0.3) is 0 Å². The molecule has 0 fully saturated rings. The van der Waals surface area contributed by atoms with Crippen molar-refractivity contribution in [3.63, 3.8) is 0 Å². The summed E-state index contributed by atoms with van der Waals surface area (Å²) in [6, 6.07) is 12.9. The van der Waals surface area contributed by atoms with Crippen molar-refractivity contribution in [3.8, 4) is 5.75 Å². The van der Waals surface area contributed by atoms with E-state index in [1.807, 2.05) is 13.1 Å². The Labute approximate surface area is 101 Å². The van der Waals surface area contributed by atoms with Crippen molar-refractivity contribution < 1.29 is 4.74 Å². The third kappa shape index (κ3) is 1.83. The van der Waals surface area contributed by atoms with Gasteiger partial charge in [-0.15, -0.1) is 0 Å². The topological polar surface area (TPSA) is 33.3 Å². The maximum Gasteiger partial charge on any atom is 0.143 e. The Hall–Kier alpha value is -1.74. The molecule has 1 aliphatic heterocycles. The van der Waals surface area contributed by atoms with Gasteiger partial charge in [0, 0.05) is 11.9 Å². The van der Waals surface area contributed by atoms with Crippen LogP contribution in [-0.2, 0) is 0 Å². The second-order valence-corrected chi connectivity index (χ2v) is 4.37. The predicted molar refractivity (Wildman–Crippen MR) is 70.8 cm³/mol. The van der Waals surface area contributed by atoms with Crippen LogP contribution < -0.4 is 15.4 Å². The molecule has 0 saturated carbocycles. The Morgan fingerprint density at radius 3 is 3.06 bits per heavy atom. The number of fused-ring (bicyclic) bond motifs is 3. The van der Waals surface area contributed by atoms with Crippen LogP contribution in [0.3, 0.4) is 0 Å². The van der Waals surface area contributed by atoms with E-state index in [1.165, 1.54) is 10.8 Å². The number of ether oxygens (including phenoxy) is 1. The molecule has 88 valence electrons. The largest absolute Gasteiger partial charge is 0.489 e. The molecule has 0 radical (unpaired) electrons. The highest BCUT2D eigenvalue weighted by atomic mass is 16.5. The normalized spacial score (nSPS) is 18.3. The van der Waals surface area contributed by atoms with Crippen molar-refractivity contribution in [2.75, 3.05) is 25.5 Å². The van der Waals surface area contributed by atoms with Gasteiger partial charge in [-0.25, -0.2) is 0 Å². The van der Waals surface area contributed by atoms with Crippen LogP contribution in [0.25, 0.3) is 10.8 Å². The Balaban J connectivity index is 2.06. The van der Waals surface area contributed by atoms with Crippen LogP contribution in [0.5, 0.6) is 5.75 Å². The Kier molecular flexibility index (Phi) is 2.61. The molecule has 1 atom stereocenters. The zero-order valence-corrected chi connectivity index (χ0v) is 9.86. The van der Waals surface area contributed by atoms with Gasteiger partial charge in [0.1, 0.15) is 12.4 Å². The average molecular weight is 228 g/mol. The number of likely N-dealkylation sites (N-methyl/N-ethyl adjacent to an activating group) is 1. The molecule has 0 amide bonds. The summed E-state index contributed by atoms with van der Waals surface area (Å²) in [6.45, 7) is 1.62. The molecule has 1 aliphatic rings. The maximum atomic E-state index is 5.79. The van der Waals surface area contributed by atoms with Crippen molar-refractivity contribution in [2.45, 2.75) is 6.04 Å². The van der Waals surface area contributed by atoms with Crippen LogP contribution in [0.2, 0.25) is 0 Å². The number of nitrogens with one attached hydrogen (secondary N) is 2. The van der Waals surface area contributed by atoms with Crippen LogP contribution in [0.1, 0.15) is 0 Å². The highest BCUT2D eigenvalue weighted by Gasteiger charge is 2.19. The van der Waals surface area contributed by atoms with Crippen LogP contribution in [0.4, 0.5) is 5.69 Å². The number of anilines is 1. The third-order valence-electron chi connectivity index (χ3n) is 3.13. The molecule has 3 heteroatoms. The molecule has 0 bridgehead atoms. The highest BCUT2D eigenvalue weighted by Crippen LogP contribution is 2.35. The van der Waals surface area contributed by atoms with E-state index in [9.17, 15) is 0 Å². The second kappa shape index (κ2) is 4.26. The van der Waals surface area contributed by atoms with E-state index in [4.69, 9.17) is 4.74 Å². The molecule has 3 nitrogen and oxygen atoms in total. The van der Waals surface area contributed by atoms with Crippen molar-refractivity contribution in [3.05, 3.63) is 36.4 Å². The molecule has 1 unspecified atom stereocenters. The first-order valence-electron chi connectivity index (χ1n) is 5.94. The Morgan fingerprint density at radius 1 is 1.29 bits per heavy atom. The van der Waals surface area contributed by atoms with E-state index in [0.29, 0.717) is 12.6 Å². The quantitative estimate of drug-likeness (QED) is 0.827. The summed E-state index contributed by atoms with van der Waals surface area (Å²) >= 11 is 0. The van der Waals surface area contributed by atoms with Crippen LogP contribution in [-0.4, -0.2) is 26.2 Å². The fraction of sp³-hybridized carbons (Fsp3) is 0.286. The summed E-state index contributed by atoms with van der Waals surface area (Å²) < 4.78 is 5.79. The molecular weight excluding hydrogens is 212 g/mol. The summed E-state index contributed by atoms with van der Waals surface area (Å²) in [7, 11) is 1.96. The Morgan fingerprint density at radius 2 is 2.18 bits per heavy atom. The average Bonchev–Trinajstić information content (AvgIpc) is 2.39. The lowest BCUT2D eigenvalue weighted by atomic mass is 10.1. The SMILES string of the molecule is CNCC1COc2ccc3ccccc3c2N1. The van der Waals surface area contributed by atoms with Gasteiger partial charge in [0.05, 0.1) is 11.7 Å². The van der Waals surface area contributed by atoms with Gasteiger partial charge in [-0.1, -0.05) is 30.3 Å². The maximum absolute atomic E-state index is 5.79. The lowest BCUT2D eigenvalue weighted by Gasteiger charge is -2.28. The van der Waals surface area contributed by atoms with Crippen LogP contribution in [0, 0.1) is 0 Å². The van der Waals surface area contributed by atoms with Gasteiger partial charge in [-0.05, 0) is 18.5 Å². The van der Waals surface area contributed by atoms with E-state index >= 15 is 0 Å². The summed E-state index contributed by atoms with van der Waals surface area (Å²) in [5.41, 5.74) is 1.12. The van der Waals surface area contributed by atoms with Crippen molar-refractivity contribution in [2.24, 2.45) is 0 Å². The fourth-order valence-electron chi connectivity index (χ4n) is 2.31. The van der Waals surface area contributed by atoms with Gasteiger partial charge in [-0.2, -0.15) is 0 Å². The van der Waals surface area contributed by atoms with Crippen molar-refractivity contribution in [1.82, 2.24) is 5.32 Å². The van der Waals surface area contributed by atoms with Gasteiger partial charge >= 0.3 is 0 Å². The van der Waals surface area contributed by atoms with E-state index in [-0.39, 0.29) is 0 Å². The van der Waals surface area contributed by atoms with E-state index in [2.05, 4.69) is 41.0 Å². The molecule has 2 aromatic carbocycles. The standard InChI is InChI=1S/C14H16N2O/c1-15-8-11-9-17-13-7-6-10-4-2-3-5-12(10)14(13)16-11/h2-7,11,15-16H,8-9H2,1H3. The predicted octanol–water partition coefficient (Wildman–Crippen LogP) is 2.23. The van der Waals surface area contributed by atoms with E-state index in [1.54, 1.807) is 0 Å². The Bertz CT molecular complexity index is 539. The lowest BCUT2D eigenvalue weighted by Crippen LogP contribution is -2.39. The van der Waals surface area contributed by atoms with E-state index < -0.39 is 0 Å². The first kappa shape index (κ1) is 10.4. The monoisotopic (exact) mass is 228 g/mol. The van der Waals surface area contributed by atoms with Crippen LogP contribution >= 0.6 is 0 Å². The summed E-state index contributed by atoms with van der Waals surface area (Å²) in [6.07, 6.45) is 0. The molecule has 0 aliphatic carbocycles. The number of rotatable bonds is 2. The highest BCUT2D eigenvalue weighted by molar-refractivity contribution is 5.97. The first-order chi connectivity index (χ1) is 8.38. The number of hydrogen-bond donors (Lipinski definition) is 2. The fourth-order valence-corrected chi connectivity index (χ4v) is 2.31. The van der Waals surface area contributed by atoms with Gasteiger partial charge in [0.2, 0.25) is 0 Å². The molecule has 0 spiro atoms. The van der Waals surface area contributed by atoms with Crippen LogP contribution in [0.15, 0.2) is 36.4 Å². The second-order valence-electron chi connectivity index (χ2n) is 4.37. The molecule has 0 saturated heterocycles. The molecule has 0 aromatic heterocycles. The molecule has 17 heavy (non-hydrogen) atoms. The van der Waals surface area contributed by atoms with Gasteiger partial charge < -0.3 is 15.4 Å². The summed E-state index contributed by atoms with van der Waals surface area (Å²) in [5, 5.41) is 9.20. The van der Waals surface area contributed by atoms with Gasteiger partial charge in [0.15, 0.2) is 0 Å². The smallest absolute Gasteiger partial charge is 0.143 e. The summed E-state index contributed by atoms with van der Waals surface area (Å²) in [5.74, 6) is 0.955. The number of hydrogen-bond acceptors (Lipinski definition) is 3. The molecule has 2 aromatic rings. The van der Waals surface area contributed by atoms with Crippen molar-refractivity contribution >= 4 is 16.5 Å². The zero-order chi connectivity index (χ0) is 11.7. The minimum absolute atomic E-state index is 0.332. The van der Waals surface area contributed by atoms with Gasteiger partial charge in [-0.3, -0.25) is 0 Å². The minimum atomic E-state index is 0.332. The minimum Gasteiger partial charge on any atom is -0.489 e. The van der Waals surface area contributed by atoms with E-state index in [0.717, 1.165) is 18.0 Å².